The molecule has 1 rings (SSSR count). The van der Waals surface area contributed by atoms with E-state index in [1.165, 1.54) is 12.7 Å². The molecule has 1 heterocycles. The van der Waals surface area contributed by atoms with Crippen molar-refractivity contribution in [1.29, 1.82) is 0 Å². The van der Waals surface area contributed by atoms with Crippen molar-refractivity contribution < 1.29 is 13.9 Å². The number of carbonyl (C=O) groups excluding carboxylic acids is 1. The number of oxazole rings is 1. The van der Waals surface area contributed by atoms with Gasteiger partial charge in [0.25, 0.3) is 0 Å². The van der Waals surface area contributed by atoms with E-state index in [0.717, 1.165) is 0 Å². The van der Waals surface area contributed by atoms with E-state index in [2.05, 4.69) is 25.3 Å². The molecular formula is C6H6BrNO3. The molecule has 0 N–H and O–H groups in total. The Labute approximate surface area is 71.7 Å². The van der Waals surface area contributed by atoms with Gasteiger partial charge in [0.05, 0.1) is 0 Å². The summed E-state index contributed by atoms with van der Waals surface area (Å²) in [5.41, 5.74) is 0.200. The molecule has 0 aliphatic heterocycles. The Morgan fingerprint density at radius 2 is 2.64 bits per heavy atom. The van der Waals surface area contributed by atoms with Crippen molar-refractivity contribution in [2.24, 2.45) is 0 Å². The predicted molar refractivity (Wildman–Crippen MR) is 40.6 cm³/mol. The number of aromatic nitrogens is 1. The van der Waals surface area contributed by atoms with Crippen LogP contribution in [0.15, 0.2) is 17.1 Å². The lowest BCUT2D eigenvalue weighted by atomic mass is 10.5. The third kappa shape index (κ3) is 2.34. The third-order valence-corrected chi connectivity index (χ3v) is 1.28. The molecule has 0 spiro atoms. The van der Waals surface area contributed by atoms with E-state index in [9.17, 15) is 4.79 Å². The van der Waals surface area contributed by atoms with Crippen LogP contribution in [0.5, 0.6) is 0 Å². The molecule has 0 amide bonds. The van der Waals surface area contributed by atoms with Crippen molar-refractivity contribution in [2.75, 3.05) is 11.9 Å². The lowest BCUT2D eigenvalue weighted by molar-refractivity contribution is 0.0524. The standard InChI is InChI=1S/C6H6BrNO3/c7-1-2-11-6(9)5-3-10-4-8-5/h3-4H,1-2H2. The highest BCUT2D eigenvalue weighted by Crippen LogP contribution is 1.97. The molecule has 0 unspecified atom stereocenters. The first kappa shape index (κ1) is 8.26. The Hall–Kier alpha value is -0.840. The first-order valence-corrected chi connectivity index (χ1v) is 4.08. The molecule has 60 valence electrons. The molecule has 4 nitrogen and oxygen atoms in total. The quantitative estimate of drug-likeness (QED) is 0.567. The molecule has 0 saturated carbocycles. The summed E-state index contributed by atoms with van der Waals surface area (Å²) in [4.78, 5) is 14.5. The van der Waals surface area contributed by atoms with Gasteiger partial charge in [-0.25, -0.2) is 9.78 Å². The van der Waals surface area contributed by atoms with Crippen LogP contribution in [-0.4, -0.2) is 22.9 Å². The minimum atomic E-state index is -0.460. The van der Waals surface area contributed by atoms with E-state index in [1.54, 1.807) is 0 Å². The van der Waals surface area contributed by atoms with Crippen molar-refractivity contribution in [3.8, 4) is 0 Å². The highest BCUT2D eigenvalue weighted by Gasteiger charge is 2.08. The van der Waals surface area contributed by atoms with Crippen LogP contribution in [-0.2, 0) is 4.74 Å². The third-order valence-electron chi connectivity index (χ3n) is 0.952. The molecular weight excluding hydrogens is 214 g/mol. The number of esters is 1. The number of rotatable bonds is 3. The fraction of sp³-hybridized carbons (Fsp3) is 0.333. The number of alkyl halides is 1. The van der Waals surface area contributed by atoms with Crippen molar-refractivity contribution in [3.63, 3.8) is 0 Å². The van der Waals surface area contributed by atoms with Crippen LogP contribution in [0.4, 0.5) is 0 Å². The molecule has 0 fully saturated rings. The molecule has 1 aromatic heterocycles. The second-order valence-electron chi connectivity index (χ2n) is 1.70. The van der Waals surface area contributed by atoms with Gasteiger partial charge in [0.15, 0.2) is 12.1 Å². The zero-order valence-electron chi connectivity index (χ0n) is 5.62. The Morgan fingerprint density at radius 3 is 3.18 bits per heavy atom. The van der Waals surface area contributed by atoms with E-state index < -0.39 is 5.97 Å². The number of nitrogens with zero attached hydrogens (tertiary/aromatic N) is 1. The lowest BCUT2D eigenvalue weighted by Gasteiger charge is -1.96. The van der Waals surface area contributed by atoms with Crippen molar-refractivity contribution in [1.82, 2.24) is 4.98 Å². The average molecular weight is 220 g/mol. The smallest absolute Gasteiger partial charge is 0.360 e. The fourth-order valence-corrected chi connectivity index (χ4v) is 0.680. The molecule has 0 radical (unpaired) electrons. The maximum Gasteiger partial charge on any atom is 0.360 e. The predicted octanol–water partition coefficient (Wildman–Crippen LogP) is 1.23. The van der Waals surface area contributed by atoms with Gasteiger partial charge in [-0.1, -0.05) is 15.9 Å². The highest BCUT2D eigenvalue weighted by molar-refractivity contribution is 9.09. The Balaban J connectivity index is 2.43. The van der Waals surface area contributed by atoms with E-state index in [-0.39, 0.29) is 5.69 Å². The summed E-state index contributed by atoms with van der Waals surface area (Å²) in [5, 5.41) is 0.622. The maximum absolute atomic E-state index is 10.9. The van der Waals surface area contributed by atoms with Crippen molar-refractivity contribution in [3.05, 3.63) is 18.4 Å². The molecule has 0 aliphatic carbocycles. The van der Waals surface area contributed by atoms with Crippen LogP contribution in [0.2, 0.25) is 0 Å². The minimum Gasteiger partial charge on any atom is -0.460 e. The topological polar surface area (TPSA) is 52.3 Å². The second-order valence-corrected chi connectivity index (χ2v) is 2.49. The molecule has 0 aromatic carbocycles. The number of hydrogen-bond acceptors (Lipinski definition) is 4. The molecule has 0 atom stereocenters. The summed E-state index contributed by atoms with van der Waals surface area (Å²) < 4.78 is 9.32. The summed E-state index contributed by atoms with van der Waals surface area (Å²) >= 11 is 3.12. The zero-order valence-corrected chi connectivity index (χ0v) is 7.20. The molecule has 11 heavy (non-hydrogen) atoms. The van der Waals surface area contributed by atoms with Gasteiger partial charge in [-0.2, -0.15) is 0 Å². The largest absolute Gasteiger partial charge is 0.460 e. The Kier molecular flexibility index (Phi) is 3.10. The summed E-state index contributed by atoms with van der Waals surface area (Å²) in [6.07, 6.45) is 2.43. The van der Waals surface area contributed by atoms with Gasteiger partial charge in [0, 0.05) is 5.33 Å². The van der Waals surface area contributed by atoms with E-state index >= 15 is 0 Å². The molecule has 1 aromatic rings. The summed E-state index contributed by atoms with van der Waals surface area (Å²) in [7, 11) is 0. The minimum absolute atomic E-state index is 0.200. The van der Waals surface area contributed by atoms with Crippen molar-refractivity contribution in [2.45, 2.75) is 0 Å². The van der Waals surface area contributed by atoms with Gasteiger partial charge in [-0.05, 0) is 0 Å². The van der Waals surface area contributed by atoms with E-state index in [4.69, 9.17) is 4.74 Å². The monoisotopic (exact) mass is 219 g/mol. The summed E-state index contributed by atoms with van der Waals surface area (Å²) in [5.74, 6) is -0.460. The maximum atomic E-state index is 10.9. The van der Waals surface area contributed by atoms with Gasteiger partial charge in [-0.3, -0.25) is 0 Å². The molecule has 0 saturated heterocycles. The average Bonchev–Trinajstić information content (AvgIpc) is 2.52. The van der Waals surface area contributed by atoms with E-state index in [1.807, 2.05) is 0 Å². The summed E-state index contributed by atoms with van der Waals surface area (Å²) in [6, 6.07) is 0. The highest BCUT2D eigenvalue weighted by atomic mass is 79.9. The fourth-order valence-electron chi connectivity index (χ4n) is 0.519. The van der Waals surface area contributed by atoms with Gasteiger partial charge in [0.1, 0.15) is 12.9 Å². The first-order valence-electron chi connectivity index (χ1n) is 2.96. The van der Waals surface area contributed by atoms with Gasteiger partial charge < -0.3 is 9.15 Å². The normalized spacial score (nSPS) is 9.55. The lowest BCUT2D eigenvalue weighted by Crippen LogP contribution is -2.06. The van der Waals surface area contributed by atoms with Crippen molar-refractivity contribution >= 4 is 21.9 Å². The Morgan fingerprint density at radius 1 is 1.82 bits per heavy atom. The van der Waals surface area contributed by atoms with Crippen LogP contribution >= 0.6 is 15.9 Å². The summed E-state index contributed by atoms with van der Waals surface area (Å²) in [6.45, 7) is 0.339. The Bertz CT molecular complexity index is 222. The first-order chi connectivity index (χ1) is 5.34. The van der Waals surface area contributed by atoms with Gasteiger partial charge >= 0.3 is 5.97 Å². The van der Waals surface area contributed by atoms with Crippen LogP contribution in [0.3, 0.4) is 0 Å². The van der Waals surface area contributed by atoms with Crippen LogP contribution in [0.1, 0.15) is 10.5 Å². The van der Waals surface area contributed by atoms with Gasteiger partial charge in [-0.15, -0.1) is 0 Å². The number of halogens is 1. The molecule has 0 bridgehead atoms. The molecule has 5 heteroatoms. The second kappa shape index (κ2) is 4.12. The van der Waals surface area contributed by atoms with Crippen LogP contribution < -0.4 is 0 Å². The zero-order chi connectivity index (χ0) is 8.10. The molecule has 0 aliphatic rings. The number of carbonyl (C=O) groups is 1. The van der Waals surface area contributed by atoms with Crippen LogP contribution in [0.25, 0.3) is 0 Å². The van der Waals surface area contributed by atoms with Gasteiger partial charge in [0.2, 0.25) is 0 Å². The number of hydrogen-bond donors (Lipinski definition) is 0. The SMILES string of the molecule is O=C(OCCBr)c1cocn1. The number of ether oxygens (including phenoxy) is 1. The van der Waals surface area contributed by atoms with Crippen LogP contribution in [0, 0.1) is 0 Å². The van der Waals surface area contributed by atoms with E-state index in [0.29, 0.717) is 11.9 Å².